The molecule has 13 nitrogen and oxygen atoms in total. The van der Waals surface area contributed by atoms with E-state index in [9.17, 15) is 26.2 Å². The fourth-order valence-electron chi connectivity index (χ4n) is 6.16. The number of allylic oxidation sites excluding steroid dienone is 1. The molecule has 53 heavy (non-hydrogen) atoms. The average molecular weight is 773 g/mol. The third-order valence-corrected chi connectivity index (χ3v) is 11.3. The predicted octanol–water partition coefficient (Wildman–Crippen LogP) is 4.53. The number of benzene rings is 2. The quantitative estimate of drug-likeness (QED) is 0.0929. The van der Waals surface area contributed by atoms with Crippen molar-refractivity contribution >= 4 is 37.3 Å². The molecule has 2 aromatic carbocycles. The smallest absolute Gasteiger partial charge is 0.295 e. The van der Waals surface area contributed by atoms with Crippen molar-refractivity contribution in [2.75, 3.05) is 70.6 Å². The van der Waals surface area contributed by atoms with E-state index in [4.69, 9.17) is 14.2 Å². The first-order chi connectivity index (χ1) is 25.2. The molecular weight excluding hydrogens is 721 g/mol. The Morgan fingerprint density at radius 2 is 1.58 bits per heavy atom. The summed E-state index contributed by atoms with van der Waals surface area (Å²) in [6, 6.07) is 9.37. The van der Waals surface area contributed by atoms with Crippen molar-refractivity contribution in [2.24, 2.45) is 0 Å². The monoisotopic (exact) mass is 772 g/mol. The maximum absolute atomic E-state index is 13.3. The van der Waals surface area contributed by atoms with E-state index in [1.54, 1.807) is 6.92 Å². The summed E-state index contributed by atoms with van der Waals surface area (Å²) >= 11 is 0. The van der Waals surface area contributed by atoms with Crippen molar-refractivity contribution < 1.29 is 40.4 Å². The molecule has 0 radical (unpaired) electrons. The first-order valence-electron chi connectivity index (χ1n) is 17.9. The summed E-state index contributed by atoms with van der Waals surface area (Å²) in [6.07, 6.45) is 6.52. The van der Waals surface area contributed by atoms with Crippen LogP contribution in [0.3, 0.4) is 0 Å². The molecule has 15 heteroatoms. The van der Waals surface area contributed by atoms with E-state index in [2.05, 4.69) is 54.1 Å². The summed E-state index contributed by atoms with van der Waals surface area (Å²) in [4.78, 5) is 15.0. The molecule has 0 fully saturated rings. The zero-order valence-corrected chi connectivity index (χ0v) is 32.8. The summed E-state index contributed by atoms with van der Waals surface area (Å²) in [7, 11) is -9.10. The molecule has 290 valence electrons. The number of carbonyl (C=O) groups is 1. The predicted molar refractivity (Wildman–Crippen MR) is 206 cm³/mol. The molecule has 1 heterocycles. The van der Waals surface area contributed by atoms with Gasteiger partial charge in [0.05, 0.1) is 30.8 Å². The third-order valence-electron chi connectivity index (χ3n) is 8.99. The van der Waals surface area contributed by atoms with Gasteiger partial charge in [0.25, 0.3) is 10.1 Å². The first-order valence-corrected chi connectivity index (χ1v) is 20.8. The molecule has 2 aliphatic rings. The van der Waals surface area contributed by atoms with Crippen LogP contribution in [0.25, 0.3) is 5.57 Å². The molecule has 1 aliphatic carbocycles. The minimum Gasteiger partial charge on any atom is -0.456 e. The van der Waals surface area contributed by atoms with Gasteiger partial charge in [0, 0.05) is 72.4 Å². The van der Waals surface area contributed by atoms with Crippen molar-refractivity contribution in [1.82, 2.24) is 14.9 Å². The SMILES string of the molecule is C=C(C)C(=O)NCCCOCCOCCNS(=O)(=O)c1ccc(C2=C3C=CC(N(CC)CC)C=C3Oc3cc(N(CC)CC)ccc32)c(S(=O)(=O)O)c1. The van der Waals surface area contributed by atoms with Crippen LogP contribution in [0.4, 0.5) is 5.69 Å². The van der Waals surface area contributed by atoms with Crippen molar-refractivity contribution in [3.63, 3.8) is 0 Å². The summed E-state index contributed by atoms with van der Waals surface area (Å²) in [6.45, 7) is 18.0. The van der Waals surface area contributed by atoms with Crippen molar-refractivity contribution in [1.29, 1.82) is 0 Å². The molecule has 0 aromatic heterocycles. The zero-order chi connectivity index (χ0) is 38.8. The Morgan fingerprint density at radius 1 is 0.906 bits per heavy atom. The Bertz CT molecular complexity index is 1950. The number of rotatable bonds is 21. The van der Waals surface area contributed by atoms with Gasteiger partial charge in [-0.15, -0.1) is 0 Å². The number of fused-ring (bicyclic) bond motifs is 2. The van der Waals surface area contributed by atoms with Gasteiger partial charge in [-0.3, -0.25) is 14.2 Å². The Hall–Kier alpha value is -3.83. The number of sulfonamides is 1. The zero-order valence-electron chi connectivity index (χ0n) is 31.2. The number of hydrogen-bond donors (Lipinski definition) is 3. The number of ether oxygens (including phenoxy) is 3. The first kappa shape index (κ1) is 41.9. The van der Waals surface area contributed by atoms with Crippen LogP contribution in [0, 0.1) is 0 Å². The molecular formula is C38H52N4O9S2. The van der Waals surface area contributed by atoms with E-state index in [-0.39, 0.29) is 48.8 Å². The molecule has 0 bridgehead atoms. The van der Waals surface area contributed by atoms with Crippen LogP contribution < -0.4 is 19.7 Å². The number of likely N-dealkylation sites (N-methyl/N-ethyl adjacent to an activating group) is 1. The second-order valence-electron chi connectivity index (χ2n) is 12.5. The highest BCUT2D eigenvalue weighted by Gasteiger charge is 2.32. The second kappa shape index (κ2) is 19.0. The second-order valence-corrected chi connectivity index (χ2v) is 15.6. The van der Waals surface area contributed by atoms with E-state index < -0.39 is 25.0 Å². The average Bonchev–Trinajstić information content (AvgIpc) is 3.13. The van der Waals surface area contributed by atoms with Gasteiger partial charge in [-0.2, -0.15) is 8.42 Å². The summed E-state index contributed by atoms with van der Waals surface area (Å²) < 4.78 is 82.9. The fraction of sp³-hybridized carbons (Fsp3) is 0.447. The minimum absolute atomic E-state index is 0.0406. The van der Waals surface area contributed by atoms with Gasteiger partial charge < -0.3 is 24.4 Å². The lowest BCUT2D eigenvalue weighted by Crippen LogP contribution is -2.34. The Balaban J connectivity index is 1.55. The maximum atomic E-state index is 13.3. The van der Waals surface area contributed by atoms with Gasteiger partial charge in [0.1, 0.15) is 16.4 Å². The molecule has 0 spiro atoms. The number of amides is 1. The number of hydrogen-bond acceptors (Lipinski definition) is 10. The molecule has 0 saturated heterocycles. The lowest BCUT2D eigenvalue weighted by molar-refractivity contribution is -0.117. The van der Waals surface area contributed by atoms with Crippen LogP contribution in [0.1, 0.15) is 52.2 Å². The highest BCUT2D eigenvalue weighted by atomic mass is 32.2. The summed E-state index contributed by atoms with van der Waals surface area (Å²) in [5.74, 6) is 0.858. The molecule has 3 N–H and O–H groups in total. The number of nitrogens with one attached hydrogen (secondary N) is 2. The van der Waals surface area contributed by atoms with Crippen LogP contribution in [-0.2, 0) is 34.4 Å². The van der Waals surface area contributed by atoms with Crippen molar-refractivity contribution in [3.8, 4) is 5.75 Å². The fourth-order valence-corrected chi connectivity index (χ4v) is 7.99. The lowest BCUT2D eigenvalue weighted by Gasteiger charge is -2.33. The number of anilines is 1. The van der Waals surface area contributed by atoms with Gasteiger partial charge in [0.2, 0.25) is 15.9 Å². The van der Waals surface area contributed by atoms with Gasteiger partial charge in [-0.1, -0.05) is 38.6 Å². The van der Waals surface area contributed by atoms with Crippen molar-refractivity contribution in [3.05, 3.63) is 89.2 Å². The summed E-state index contributed by atoms with van der Waals surface area (Å²) in [5.41, 5.74) is 3.23. The normalized spacial score (nSPS) is 15.5. The van der Waals surface area contributed by atoms with Crippen LogP contribution in [0.15, 0.2) is 87.9 Å². The van der Waals surface area contributed by atoms with Crippen LogP contribution in [-0.4, -0.2) is 104 Å². The van der Waals surface area contributed by atoms with Gasteiger partial charge in [-0.05, 0) is 70.6 Å². The standard InChI is InChI=1S/C38H52N4O9S2/c1-7-41(8-2)28-12-15-31-34(24-28)51-35-25-29(42(9-3)10-4)13-16-32(35)37(31)33-17-14-30(26-36(33)53(46,47)48)52(44,45)40-19-21-50-23-22-49-20-11-18-39-38(43)27(5)6/h12-17,24-26,28,40H,5,7-11,18-23H2,1-4,6H3,(H,39,43)(H,46,47,48). The minimum atomic E-state index is -4.91. The molecule has 1 aliphatic heterocycles. The highest BCUT2D eigenvalue weighted by Crippen LogP contribution is 2.46. The lowest BCUT2D eigenvalue weighted by atomic mass is 9.86. The molecule has 2 aromatic rings. The van der Waals surface area contributed by atoms with Crippen LogP contribution in [0.2, 0.25) is 0 Å². The topological polar surface area (TPSA) is 164 Å². The molecule has 0 saturated carbocycles. The number of carbonyl (C=O) groups excluding carboxylic acids is 1. The van der Waals surface area contributed by atoms with Crippen molar-refractivity contribution in [2.45, 2.75) is 56.9 Å². The number of nitrogens with zero attached hydrogens (tertiary/aromatic N) is 2. The van der Waals surface area contributed by atoms with E-state index in [0.717, 1.165) is 37.9 Å². The van der Waals surface area contributed by atoms with Gasteiger partial charge >= 0.3 is 0 Å². The Kier molecular flexibility index (Phi) is 15.0. The molecule has 1 unspecified atom stereocenters. The third kappa shape index (κ3) is 10.7. The van der Waals surface area contributed by atoms with E-state index in [0.29, 0.717) is 53.4 Å². The Morgan fingerprint density at radius 3 is 2.23 bits per heavy atom. The maximum Gasteiger partial charge on any atom is 0.295 e. The van der Waals surface area contributed by atoms with E-state index in [1.807, 2.05) is 36.4 Å². The largest absolute Gasteiger partial charge is 0.456 e. The highest BCUT2D eigenvalue weighted by molar-refractivity contribution is 7.89. The van der Waals surface area contributed by atoms with Gasteiger partial charge in [-0.25, -0.2) is 13.1 Å². The van der Waals surface area contributed by atoms with E-state index >= 15 is 0 Å². The Labute approximate surface area is 314 Å². The summed E-state index contributed by atoms with van der Waals surface area (Å²) in [5, 5.41) is 2.71. The van der Waals surface area contributed by atoms with Crippen LogP contribution >= 0.6 is 0 Å². The van der Waals surface area contributed by atoms with E-state index in [1.165, 1.54) is 12.1 Å². The van der Waals surface area contributed by atoms with Crippen LogP contribution in [0.5, 0.6) is 5.75 Å². The molecule has 1 amide bonds. The molecule has 1 atom stereocenters. The molecule has 4 rings (SSSR count). The van der Waals surface area contributed by atoms with Gasteiger partial charge in [0.15, 0.2) is 0 Å².